The predicted octanol–water partition coefficient (Wildman–Crippen LogP) is 4.58. The Labute approximate surface area is 177 Å². The van der Waals surface area contributed by atoms with E-state index in [2.05, 4.69) is 26.4 Å². The van der Waals surface area contributed by atoms with Crippen molar-refractivity contribution in [1.82, 2.24) is 14.8 Å². The molecule has 0 atom stereocenters. The number of amides is 1. The SMILES string of the molecule is Cc1cc(C)n(Cc2cccc(NC(=O)c3ccc(N4CCCCCC4)nc3)c2)n1. The third-order valence-corrected chi connectivity index (χ3v) is 5.56. The van der Waals surface area contributed by atoms with Crippen LogP contribution >= 0.6 is 0 Å². The van der Waals surface area contributed by atoms with Crippen LogP contribution in [0.15, 0.2) is 48.7 Å². The number of aromatic nitrogens is 3. The summed E-state index contributed by atoms with van der Waals surface area (Å²) in [6.07, 6.45) is 6.66. The van der Waals surface area contributed by atoms with Crippen LogP contribution in [0.5, 0.6) is 0 Å². The lowest BCUT2D eigenvalue weighted by Gasteiger charge is -2.21. The van der Waals surface area contributed by atoms with E-state index in [1.807, 2.05) is 54.9 Å². The number of pyridine rings is 1. The van der Waals surface area contributed by atoms with Crippen molar-refractivity contribution in [1.29, 1.82) is 0 Å². The van der Waals surface area contributed by atoms with Crippen molar-refractivity contribution in [3.8, 4) is 0 Å². The molecule has 6 nitrogen and oxygen atoms in total. The van der Waals surface area contributed by atoms with Crippen molar-refractivity contribution in [3.05, 3.63) is 71.2 Å². The molecular formula is C24H29N5O. The summed E-state index contributed by atoms with van der Waals surface area (Å²) in [6, 6.07) is 13.8. The molecule has 0 aliphatic carbocycles. The Balaban J connectivity index is 1.41. The number of carbonyl (C=O) groups excluding carboxylic acids is 1. The molecule has 1 fully saturated rings. The highest BCUT2D eigenvalue weighted by Crippen LogP contribution is 2.19. The molecule has 0 unspecified atom stereocenters. The van der Waals surface area contributed by atoms with Crippen LogP contribution in [0.2, 0.25) is 0 Å². The van der Waals surface area contributed by atoms with Gasteiger partial charge in [-0.1, -0.05) is 25.0 Å². The number of rotatable bonds is 5. The fourth-order valence-corrected chi connectivity index (χ4v) is 3.97. The minimum absolute atomic E-state index is 0.145. The maximum Gasteiger partial charge on any atom is 0.257 e. The lowest BCUT2D eigenvalue weighted by Crippen LogP contribution is -2.25. The number of anilines is 2. The zero-order valence-electron chi connectivity index (χ0n) is 17.8. The molecule has 1 aromatic carbocycles. The van der Waals surface area contributed by atoms with E-state index in [9.17, 15) is 4.79 Å². The normalized spacial score (nSPS) is 14.4. The number of nitrogens with one attached hydrogen (secondary N) is 1. The van der Waals surface area contributed by atoms with Crippen LogP contribution < -0.4 is 10.2 Å². The van der Waals surface area contributed by atoms with Crippen molar-refractivity contribution in [2.75, 3.05) is 23.3 Å². The highest BCUT2D eigenvalue weighted by molar-refractivity contribution is 6.04. The Bertz CT molecular complexity index is 1000. The lowest BCUT2D eigenvalue weighted by atomic mass is 10.2. The highest BCUT2D eigenvalue weighted by Gasteiger charge is 2.13. The topological polar surface area (TPSA) is 63.1 Å². The van der Waals surface area contributed by atoms with E-state index in [0.29, 0.717) is 12.1 Å². The monoisotopic (exact) mass is 403 g/mol. The van der Waals surface area contributed by atoms with Gasteiger partial charge in [-0.05, 0) is 62.6 Å². The summed E-state index contributed by atoms with van der Waals surface area (Å²) in [5.41, 5.74) is 4.56. The molecule has 0 spiro atoms. The summed E-state index contributed by atoms with van der Waals surface area (Å²) < 4.78 is 1.97. The van der Waals surface area contributed by atoms with E-state index in [1.165, 1.54) is 25.7 Å². The van der Waals surface area contributed by atoms with Crippen molar-refractivity contribution in [2.24, 2.45) is 0 Å². The summed E-state index contributed by atoms with van der Waals surface area (Å²) in [7, 11) is 0. The van der Waals surface area contributed by atoms with Gasteiger partial charge in [0.25, 0.3) is 5.91 Å². The van der Waals surface area contributed by atoms with E-state index in [0.717, 1.165) is 41.5 Å². The van der Waals surface area contributed by atoms with E-state index in [1.54, 1.807) is 6.20 Å². The average molecular weight is 404 g/mol. The molecule has 0 bridgehead atoms. The second-order valence-corrected chi connectivity index (χ2v) is 8.05. The Kier molecular flexibility index (Phi) is 6.12. The highest BCUT2D eigenvalue weighted by atomic mass is 16.1. The van der Waals surface area contributed by atoms with Gasteiger partial charge in [0.1, 0.15) is 5.82 Å². The first-order valence-electron chi connectivity index (χ1n) is 10.7. The number of hydrogen-bond acceptors (Lipinski definition) is 4. The molecule has 6 heteroatoms. The predicted molar refractivity (Wildman–Crippen MR) is 120 cm³/mol. The summed E-state index contributed by atoms with van der Waals surface area (Å²) in [5.74, 6) is 0.813. The summed E-state index contributed by atoms with van der Waals surface area (Å²) in [4.78, 5) is 19.6. The maximum atomic E-state index is 12.7. The molecule has 1 N–H and O–H groups in total. The fourth-order valence-electron chi connectivity index (χ4n) is 3.97. The van der Waals surface area contributed by atoms with Gasteiger partial charge in [0.05, 0.1) is 17.8 Å². The first-order valence-corrected chi connectivity index (χ1v) is 10.7. The standard InChI is InChI=1S/C24H29N5O/c1-18-14-19(2)29(27-18)17-20-8-7-9-22(15-20)26-24(30)21-10-11-23(25-16-21)28-12-5-3-4-6-13-28/h7-11,14-16H,3-6,12-13,17H2,1-2H3,(H,26,30). The molecular weight excluding hydrogens is 374 g/mol. The van der Waals surface area contributed by atoms with Gasteiger partial charge in [-0.25, -0.2) is 4.98 Å². The molecule has 1 aliphatic rings. The average Bonchev–Trinajstić information content (AvgIpc) is 2.93. The molecule has 3 heterocycles. The number of nitrogens with zero attached hydrogens (tertiary/aromatic N) is 4. The minimum Gasteiger partial charge on any atom is -0.357 e. The first kappa shape index (κ1) is 20.1. The number of aryl methyl sites for hydroxylation is 2. The largest absolute Gasteiger partial charge is 0.357 e. The van der Waals surface area contributed by atoms with E-state index < -0.39 is 0 Å². The lowest BCUT2D eigenvalue weighted by molar-refractivity contribution is 0.102. The van der Waals surface area contributed by atoms with E-state index >= 15 is 0 Å². The van der Waals surface area contributed by atoms with E-state index in [-0.39, 0.29) is 5.91 Å². The van der Waals surface area contributed by atoms with Crippen LogP contribution in [0.3, 0.4) is 0 Å². The summed E-state index contributed by atoms with van der Waals surface area (Å²) in [6.45, 7) is 6.80. The minimum atomic E-state index is -0.145. The number of carbonyl (C=O) groups is 1. The van der Waals surface area contributed by atoms with Gasteiger partial charge in [-0.3, -0.25) is 9.48 Å². The summed E-state index contributed by atoms with van der Waals surface area (Å²) in [5, 5.41) is 7.50. The van der Waals surface area contributed by atoms with Crippen LogP contribution in [0.1, 0.15) is 53.0 Å². The van der Waals surface area contributed by atoms with Crippen molar-refractivity contribution < 1.29 is 4.79 Å². The molecule has 2 aromatic heterocycles. The summed E-state index contributed by atoms with van der Waals surface area (Å²) >= 11 is 0. The zero-order valence-corrected chi connectivity index (χ0v) is 17.8. The van der Waals surface area contributed by atoms with Crippen molar-refractivity contribution in [2.45, 2.75) is 46.1 Å². The molecule has 3 aromatic rings. The van der Waals surface area contributed by atoms with Gasteiger partial charge >= 0.3 is 0 Å². The van der Waals surface area contributed by atoms with Crippen LogP contribution in [0.4, 0.5) is 11.5 Å². The molecule has 156 valence electrons. The fraction of sp³-hybridized carbons (Fsp3) is 0.375. The van der Waals surface area contributed by atoms with Crippen LogP contribution in [-0.2, 0) is 6.54 Å². The van der Waals surface area contributed by atoms with Crippen LogP contribution in [-0.4, -0.2) is 33.8 Å². The third kappa shape index (κ3) is 4.87. The van der Waals surface area contributed by atoms with Crippen molar-refractivity contribution in [3.63, 3.8) is 0 Å². The molecule has 0 radical (unpaired) electrons. The van der Waals surface area contributed by atoms with Crippen LogP contribution in [0, 0.1) is 13.8 Å². The molecule has 1 amide bonds. The van der Waals surface area contributed by atoms with Gasteiger partial charge < -0.3 is 10.2 Å². The number of benzene rings is 1. The molecule has 1 saturated heterocycles. The number of hydrogen-bond donors (Lipinski definition) is 1. The molecule has 30 heavy (non-hydrogen) atoms. The van der Waals surface area contributed by atoms with Gasteiger partial charge in [0, 0.05) is 30.7 Å². The van der Waals surface area contributed by atoms with Gasteiger partial charge in [0.2, 0.25) is 0 Å². The quantitative estimate of drug-likeness (QED) is 0.677. The Hall–Kier alpha value is -3.15. The van der Waals surface area contributed by atoms with Crippen molar-refractivity contribution >= 4 is 17.4 Å². The smallest absolute Gasteiger partial charge is 0.257 e. The van der Waals surface area contributed by atoms with Crippen LogP contribution in [0.25, 0.3) is 0 Å². The Morgan fingerprint density at radius 3 is 2.50 bits per heavy atom. The molecule has 1 aliphatic heterocycles. The van der Waals surface area contributed by atoms with Gasteiger partial charge in [-0.2, -0.15) is 5.10 Å². The second kappa shape index (κ2) is 9.11. The maximum absolute atomic E-state index is 12.7. The van der Waals surface area contributed by atoms with E-state index in [4.69, 9.17) is 0 Å². The molecule has 4 rings (SSSR count). The Morgan fingerprint density at radius 1 is 1.03 bits per heavy atom. The molecule has 0 saturated carbocycles. The van der Waals surface area contributed by atoms with Gasteiger partial charge in [-0.15, -0.1) is 0 Å². The second-order valence-electron chi connectivity index (χ2n) is 8.05. The first-order chi connectivity index (χ1) is 14.6. The van der Waals surface area contributed by atoms with Gasteiger partial charge in [0.15, 0.2) is 0 Å². The third-order valence-electron chi connectivity index (χ3n) is 5.56. The Morgan fingerprint density at radius 2 is 1.83 bits per heavy atom. The zero-order chi connectivity index (χ0) is 20.9.